The van der Waals surface area contributed by atoms with E-state index in [1.807, 2.05) is 19.9 Å². The number of hydrogen-bond acceptors (Lipinski definition) is 2. The summed E-state index contributed by atoms with van der Waals surface area (Å²) in [6, 6.07) is -0.118. The highest BCUT2D eigenvalue weighted by molar-refractivity contribution is 5.92. The van der Waals surface area contributed by atoms with Gasteiger partial charge in [-0.3, -0.25) is 4.79 Å². The number of rotatable bonds is 5. The molecule has 0 unspecified atom stereocenters. The van der Waals surface area contributed by atoms with Gasteiger partial charge in [-0.1, -0.05) is 19.9 Å². The maximum atomic E-state index is 11.4. The maximum absolute atomic E-state index is 11.4. The van der Waals surface area contributed by atoms with Crippen molar-refractivity contribution >= 4 is 5.91 Å². The third-order valence-electron chi connectivity index (χ3n) is 1.92. The predicted molar refractivity (Wildman–Crippen MR) is 53.4 cm³/mol. The molecule has 76 valence electrons. The van der Waals surface area contributed by atoms with Crippen molar-refractivity contribution in [2.24, 2.45) is 0 Å². The van der Waals surface area contributed by atoms with E-state index in [1.54, 1.807) is 6.92 Å². The molecule has 3 nitrogen and oxygen atoms in total. The van der Waals surface area contributed by atoms with Crippen LogP contribution in [0.5, 0.6) is 0 Å². The molecule has 0 rings (SSSR count). The van der Waals surface area contributed by atoms with E-state index in [9.17, 15) is 4.79 Å². The molecule has 0 saturated carbocycles. The highest BCUT2D eigenvalue weighted by Crippen LogP contribution is 1.97. The monoisotopic (exact) mass is 185 g/mol. The molecular weight excluding hydrogens is 166 g/mol. The Morgan fingerprint density at radius 3 is 2.54 bits per heavy atom. The maximum Gasteiger partial charge on any atom is 0.246 e. The molecule has 0 aliphatic heterocycles. The molecule has 3 heteroatoms. The highest BCUT2D eigenvalue weighted by atomic mass is 16.3. The first-order valence-electron chi connectivity index (χ1n) is 4.74. The molecular formula is C10H19NO2. The second kappa shape index (κ2) is 6.66. The summed E-state index contributed by atoms with van der Waals surface area (Å²) < 4.78 is 0. The van der Waals surface area contributed by atoms with Gasteiger partial charge < -0.3 is 10.4 Å². The lowest BCUT2D eigenvalue weighted by molar-refractivity contribution is -0.118. The van der Waals surface area contributed by atoms with Gasteiger partial charge in [0.1, 0.15) is 0 Å². The van der Waals surface area contributed by atoms with Crippen LogP contribution in [0, 0.1) is 0 Å². The Morgan fingerprint density at radius 2 is 2.15 bits per heavy atom. The molecule has 0 aromatic heterocycles. The zero-order valence-corrected chi connectivity index (χ0v) is 8.63. The fourth-order valence-corrected chi connectivity index (χ4v) is 0.975. The highest BCUT2D eigenvalue weighted by Gasteiger charge is 2.09. The zero-order chi connectivity index (χ0) is 10.3. The van der Waals surface area contributed by atoms with Gasteiger partial charge >= 0.3 is 0 Å². The molecule has 0 spiro atoms. The van der Waals surface area contributed by atoms with Crippen molar-refractivity contribution < 1.29 is 9.90 Å². The van der Waals surface area contributed by atoms with E-state index < -0.39 is 0 Å². The number of carbonyl (C=O) groups excluding carboxylic acids is 1. The van der Waals surface area contributed by atoms with E-state index in [-0.39, 0.29) is 18.6 Å². The largest absolute Gasteiger partial charge is 0.394 e. The van der Waals surface area contributed by atoms with Gasteiger partial charge in [-0.05, 0) is 19.8 Å². The molecule has 0 aromatic carbocycles. The second-order valence-electron chi connectivity index (χ2n) is 3.06. The zero-order valence-electron chi connectivity index (χ0n) is 8.63. The molecule has 0 bridgehead atoms. The summed E-state index contributed by atoms with van der Waals surface area (Å²) in [5, 5.41) is 11.6. The molecule has 13 heavy (non-hydrogen) atoms. The van der Waals surface area contributed by atoms with Crippen molar-refractivity contribution in [2.75, 3.05) is 6.61 Å². The molecule has 0 heterocycles. The first-order valence-corrected chi connectivity index (χ1v) is 4.74. The summed E-state index contributed by atoms with van der Waals surface area (Å²) in [7, 11) is 0. The number of aliphatic hydroxyl groups excluding tert-OH is 1. The summed E-state index contributed by atoms with van der Waals surface area (Å²) >= 11 is 0. The average molecular weight is 185 g/mol. The molecule has 0 aromatic rings. The van der Waals surface area contributed by atoms with Crippen LogP contribution in [0.4, 0.5) is 0 Å². The smallest absolute Gasteiger partial charge is 0.246 e. The van der Waals surface area contributed by atoms with Gasteiger partial charge in [-0.25, -0.2) is 0 Å². The van der Waals surface area contributed by atoms with Crippen LogP contribution in [-0.2, 0) is 4.79 Å². The summed E-state index contributed by atoms with van der Waals surface area (Å²) in [6.45, 7) is 5.70. The van der Waals surface area contributed by atoms with Crippen LogP contribution < -0.4 is 5.32 Å². The quantitative estimate of drug-likeness (QED) is 0.633. The van der Waals surface area contributed by atoms with Gasteiger partial charge in [0.15, 0.2) is 0 Å². The fourth-order valence-electron chi connectivity index (χ4n) is 0.975. The van der Waals surface area contributed by atoms with Gasteiger partial charge in [0.25, 0.3) is 0 Å². The van der Waals surface area contributed by atoms with Crippen LogP contribution in [0.25, 0.3) is 0 Å². The minimum Gasteiger partial charge on any atom is -0.394 e. The van der Waals surface area contributed by atoms with Crippen molar-refractivity contribution in [1.82, 2.24) is 5.32 Å². The van der Waals surface area contributed by atoms with Gasteiger partial charge in [-0.2, -0.15) is 0 Å². The number of hydrogen-bond donors (Lipinski definition) is 2. The van der Waals surface area contributed by atoms with Crippen molar-refractivity contribution in [3.63, 3.8) is 0 Å². The third kappa shape index (κ3) is 4.68. The lowest BCUT2D eigenvalue weighted by Gasteiger charge is -2.13. The van der Waals surface area contributed by atoms with E-state index in [0.29, 0.717) is 0 Å². The topological polar surface area (TPSA) is 49.3 Å². The van der Waals surface area contributed by atoms with Crippen LogP contribution in [-0.4, -0.2) is 23.7 Å². The van der Waals surface area contributed by atoms with Crippen molar-refractivity contribution in [1.29, 1.82) is 0 Å². The molecule has 0 saturated heterocycles. The van der Waals surface area contributed by atoms with Crippen LogP contribution >= 0.6 is 0 Å². The molecule has 2 N–H and O–H groups in total. The Labute approximate surface area is 79.8 Å². The molecule has 0 fully saturated rings. The van der Waals surface area contributed by atoms with Crippen molar-refractivity contribution in [3.05, 3.63) is 11.6 Å². The number of nitrogens with one attached hydrogen (secondary N) is 1. The average Bonchev–Trinajstić information content (AvgIpc) is 2.14. The Morgan fingerprint density at radius 1 is 1.54 bits per heavy atom. The summed E-state index contributed by atoms with van der Waals surface area (Å²) in [5.74, 6) is -0.0808. The SMILES string of the molecule is CC/C=C(/C)C(=O)N[C@H](CC)CO. The summed E-state index contributed by atoms with van der Waals surface area (Å²) in [5.41, 5.74) is 0.717. The second-order valence-corrected chi connectivity index (χ2v) is 3.06. The Balaban J connectivity index is 4.05. The van der Waals surface area contributed by atoms with E-state index in [1.165, 1.54) is 0 Å². The lowest BCUT2D eigenvalue weighted by Crippen LogP contribution is -2.37. The van der Waals surface area contributed by atoms with E-state index >= 15 is 0 Å². The van der Waals surface area contributed by atoms with Crippen LogP contribution in [0.3, 0.4) is 0 Å². The van der Waals surface area contributed by atoms with E-state index in [0.717, 1.165) is 18.4 Å². The minimum atomic E-state index is -0.118. The standard InChI is InChI=1S/C10H19NO2/c1-4-6-8(3)10(13)11-9(5-2)7-12/h6,9,12H,4-5,7H2,1-3H3,(H,11,13)/b8-6-/t9-/m1/s1. The normalized spacial score (nSPS) is 14.0. The lowest BCUT2D eigenvalue weighted by atomic mass is 10.2. The number of carbonyl (C=O) groups is 1. The summed E-state index contributed by atoms with van der Waals surface area (Å²) in [6.07, 6.45) is 3.48. The van der Waals surface area contributed by atoms with Gasteiger partial charge in [0.2, 0.25) is 5.91 Å². The summed E-state index contributed by atoms with van der Waals surface area (Å²) in [4.78, 5) is 11.4. The van der Waals surface area contributed by atoms with E-state index in [4.69, 9.17) is 5.11 Å². The first-order chi connectivity index (χ1) is 6.15. The van der Waals surface area contributed by atoms with Gasteiger partial charge in [0.05, 0.1) is 12.6 Å². The van der Waals surface area contributed by atoms with Crippen LogP contribution in [0.1, 0.15) is 33.6 Å². The third-order valence-corrected chi connectivity index (χ3v) is 1.92. The predicted octanol–water partition coefficient (Wildman–Crippen LogP) is 1.23. The Hall–Kier alpha value is -0.830. The van der Waals surface area contributed by atoms with Crippen molar-refractivity contribution in [2.45, 2.75) is 39.7 Å². The van der Waals surface area contributed by atoms with Gasteiger partial charge in [0, 0.05) is 5.57 Å². The molecule has 0 aliphatic carbocycles. The Kier molecular flexibility index (Phi) is 6.24. The number of allylic oxidation sites excluding steroid dienone is 1. The van der Waals surface area contributed by atoms with Gasteiger partial charge in [-0.15, -0.1) is 0 Å². The first kappa shape index (κ1) is 12.2. The number of aliphatic hydroxyl groups is 1. The van der Waals surface area contributed by atoms with Crippen molar-refractivity contribution in [3.8, 4) is 0 Å². The Bertz CT molecular complexity index is 183. The fraction of sp³-hybridized carbons (Fsp3) is 0.700. The molecule has 0 aliphatic rings. The number of amides is 1. The molecule has 0 radical (unpaired) electrons. The minimum absolute atomic E-state index is 0.00163. The van der Waals surface area contributed by atoms with Crippen LogP contribution in [0.2, 0.25) is 0 Å². The van der Waals surface area contributed by atoms with E-state index in [2.05, 4.69) is 5.32 Å². The molecule has 1 amide bonds. The molecule has 1 atom stereocenters. The van der Waals surface area contributed by atoms with Crippen LogP contribution in [0.15, 0.2) is 11.6 Å².